The predicted molar refractivity (Wildman–Crippen MR) is 127 cm³/mol. The number of alkyl carbamates (subject to hydrolysis) is 1. The van der Waals surface area contributed by atoms with Gasteiger partial charge in [0.15, 0.2) is 0 Å². The van der Waals surface area contributed by atoms with Crippen molar-refractivity contribution < 1.29 is 29.3 Å². The van der Waals surface area contributed by atoms with E-state index in [1.165, 1.54) is 0 Å². The molecule has 0 saturated heterocycles. The van der Waals surface area contributed by atoms with Crippen LogP contribution in [0.2, 0.25) is 0 Å². The Kier molecular flexibility index (Phi) is 7.94. The van der Waals surface area contributed by atoms with E-state index in [9.17, 15) is 24.6 Å². The molecule has 1 aliphatic carbocycles. The van der Waals surface area contributed by atoms with Crippen LogP contribution in [-0.2, 0) is 14.3 Å². The molecule has 2 aromatic carbocycles. The molecule has 2 amide bonds. The number of fused-ring (bicyclic) bond motifs is 3. The maximum atomic E-state index is 12.6. The van der Waals surface area contributed by atoms with Crippen LogP contribution in [0.15, 0.2) is 48.5 Å². The van der Waals surface area contributed by atoms with Crippen LogP contribution in [0.25, 0.3) is 11.1 Å². The first kappa shape index (κ1) is 25.2. The van der Waals surface area contributed by atoms with E-state index in [-0.39, 0.29) is 25.0 Å². The average Bonchev–Trinajstić information content (AvgIpc) is 3.08. The number of amides is 2. The van der Waals surface area contributed by atoms with Crippen molar-refractivity contribution in [3.63, 3.8) is 0 Å². The number of aliphatic carboxylic acids is 1. The minimum atomic E-state index is -1.33. The molecule has 8 heteroatoms. The molecule has 8 nitrogen and oxygen atoms in total. The van der Waals surface area contributed by atoms with Gasteiger partial charge in [-0.2, -0.15) is 0 Å². The van der Waals surface area contributed by atoms with Crippen molar-refractivity contribution in [1.29, 1.82) is 0 Å². The zero-order valence-corrected chi connectivity index (χ0v) is 19.7. The second kappa shape index (κ2) is 10.7. The maximum Gasteiger partial charge on any atom is 0.407 e. The molecule has 2 aromatic rings. The topological polar surface area (TPSA) is 125 Å². The van der Waals surface area contributed by atoms with Crippen molar-refractivity contribution in [1.82, 2.24) is 10.6 Å². The van der Waals surface area contributed by atoms with Crippen molar-refractivity contribution in [2.24, 2.45) is 5.92 Å². The van der Waals surface area contributed by atoms with Crippen LogP contribution < -0.4 is 10.6 Å². The highest BCUT2D eigenvalue weighted by atomic mass is 16.5. The van der Waals surface area contributed by atoms with Crippen molar-refractivity contribution in [2.45, 2.75) is 51.2 Å². The van der Waals surface area contributed by atoms with Crippen LogP contribution in [0.5, 0.6) is 0 Å². The summed E-state index contributed by atoms with van der Waals surface area (Å²) in [6.07, 6.45) is -1.03. The summed E-state index contributed by atoms with van der Waals surface area (Å²) in [6, 6.07) is 14.5. The summed E-state index contributed by atoms with van der Waals surface area (Å²) >= 11 is 0. The largest absolute Gasteiger partial charge is 0.481 e. The molecule has 4 N–H and O–H groups in total. The summed E-state index contributed by atoms with van der Waals surface area (Å²) < 4.78 is 5.43. The van der Waals surface area contributed by atoms with E-state index in [4.69, 9.17) is 4.74 Å². The van der Waals surface area contributed by atoms with Gasteiger partial charge in [0.1, 0.15) is 12.6 Å². The first-order valence-electron chi connectivity index (χ1n) is 11.4. The molecular formula is C26H32N2O6. The van der Waals surface area contributed by atoms with E-state index in [1.54, 1.807) is 6.92 Å². The highest BCUT2D eigenvalue weighted by Gasteiger charge is 2.31. The molecule has 0 spiro atoms. The third-order valence-corrected chi connectivity index (χ3v) is 5.82. The van der Waals surface area contributed by atoms with E-state index in [2.05, 4.69) is 10.6 Å². The fourth-order valence-electron chi connectivity index (χ4n) is 4.52. The maximum absolute atomic E-state index is 12.6. The van der Waals surface area contributed by atoms with E-state index in [0.717, 1.165) is 22.3 Å². The number of carbonyl (C=O) groups excluding carboxylic acids is 2. The number of ether oxygens (including phenoxy) is 1. The quantitative estimate of drug-likeness (QED) is 0.424. The van der Waals surface area contributed by atoms with Gasteiger partial charge in [-0.05, 0) is 41.5 Å². The SMILES string of the molecule is CC(C)CC(C)(O)CNC(=O)C(CC(=O)O)NC(=O)OCC1c2ccccc2-c2ccccc21. The summed E-state index contributed by atoms with van der Waals surface area (Å²) in [5.41, 5.74) is 3.11. The number of hydrogen-bond acceptors (Lipinski definition) is 5. The average molecular weight is 469 g/mol. The third kappa shape index (κ3) is 6.35. The first-order chi connectivity index (χ1) is 16.1. The zero-order chi connectivity index (χ0) is 24.9. The van der Waals surface area contributed by atoms with E-state index in [1.807, 2.05) is 62.4 Å². The molecule has 1 aliphatic rings. The Balaban J connectivity index is 1.62. The van der Waals surface area contributed by atoms with Crippen molar-refractivity contribution >= 4 is 18.0 Å². The van der Waals surface area contributed by atoms with Crippen LogP contribution in [0.3, 0.4) is 0 Å². The Hall–Kier alpha value is -3.39. The van der Waals surface area contributed by atoms with Gasteiger partial charge in [0.05, 0.1) is 12.0 Å². The van der Waals surface area contributed by atoms with Gasteiger partial charge >= 0.3 is 12.1 Å². The summed E-state index contributed by atoms with van der Waals surface area (Å²) in [5, 5.41) is 24.5. The van der Waals surface area contributed by atoms with Gasteiger partial charge in [0, 0.05) is 12.5 Å². The number of carbonyl (C=O) groups is 3. The van der Waals surface area contributed by atoms with E-state index in [0.29, 0.717) is 6.42 Å². The molecule has 0 saturated carbocycles. The van der Waals surface area contributed by atoms with Gasteiger partial charge in [0.2, 0.25) is 5.91 Å². The first-order valence-corrected chi connectivity index (χ1v) is 11.4. The lowest BCUT2D eigenvalue weighted by molar-refractivity contribution is -0.140. The molecule has 0 aliphatic heterocycles. The van der Waals surface area contributed by atoms with Crippen LogP contribution in [-0.4, -0.2) is 53.0 Å². The van der Waals surface area contributed by atoms with Crippen LogP contribution in [0.1, 0.15) is 50.7 Å². The number of benzene rings is 2. The Morgan fingerprint density at radius 3 is 2.12 bits per heavy atom. The summed E-state index contributed by atoms with van der Waals surface area (Å²) in [7, 11) is 0. The molecule has 2 unspecified atom stereocenters. The Bertz CT molecular complexity index is 1000. The highest BCUT2D eigenvalue weighted by Crippen LogP contribution is 2.44. The molecule has 0 fully saturated rings. The fraction of sp³-hybridized carbons (Fsp3) is 0.423. The Labute approximate surface area is 199 Å². The third-order valence-electron chi connectivity index (χ3n) is 5.82. The number of carboxylic acids is 1. The Morgan fingerprint density at radius 1 is 1.03 bits per heavy atom. The van der Waals surface area contributed by atoms with Gasteiger partial charge in [-0.15, -0.1) is 0 Å². The van der Waals surface area contributed by atoms with Gasteiger partial charge in [-0.1, -0.05) is 62.4 Å². The molecule has 0 bridgehead atoms. The normalized spacial score (nSPS) is 15.1. The number of carboxylic acid groups (broad SMARTS) is 1. The molecule has 34 heavy (non-hydrogen) atoms. The molecule has 0 radical (unpaired) electrons. The van der Waals surface area contributed by atoms with Gasteiger partial charge < -0.3 is 25.6 Å². The molecule has 0 aromatic heterocycles. The standard InChI is InChI=1S/C26H32N2O6/c1-16(2)13-26(3,33)15-27-24(31)22(12-23(29)30)28-25(32)34-14-21-19-10-6-4-8-17(19)18-9-5-7-11-20(18)21/h4-11,16,21-22,33H,12-15H2,1-3H3,(H,27,31)(H,28,32)(H,29,30). The van der Waals surface area contributed by atoms with Crippen molar-refractivity contribution in [2.75, 3.05) is 13.2 Å². The molecular weight excluding hydrogens is 436 g/mol. The lowest BCUT2D eigenvalue weighted by atomic mass is 9.94. The molecule has 0 heterocycles. The second-order valence-corrected chi connectivity index (χ2v) is 9.43. The van der Waals surface area contributed by atoms with Crippen LogP contribution >= 0.6 is 0 Å². The van der Waals surface area contributed by atoms with E-state index >= 15 is 0 Å². The van der Waals surface area contributed by atoms with Gasteiger partial charge in [0.25, 0.3) is 0 Å². The van der Waals surface area contributed by atoms with Crippen LogP contribution in [0.4, 0.5) is 4.79 Å². The number of nitrogens with one attached hydrogen (secondary N) is 2. The minimum absolute atomic E-state index is 0.0460. The summed E-state index contributed by atoms with van der Waals surface area (Å²) in [4.78, 5) is 36.4. The summed E-state index contributed by atoms with van der Waals surface area (Å²) in [6.45, 7) is 5.47. The van der Waals surface area contributed by atoms with Crippen LogP contribution in [0, 0.1) is 5.92 Å². The minimum Gasteiger partial charge on any atom is -0.481 e. The number of rotatable bonds is 10. The second-order valence-electron chi connectivity index (χ2n) is 9.43. The molecule has 182 valence electrons. The zero-order valence-electron chi connectivity index (χ0n) is 19.7. The van der Waals surface area contributed by atoms with Gasteiger partial charge in [-0.25, -0.2) is 4.79 Å². The fourth-order valence-corrected chi connectivity index (χ4v) is 4.52. The number of hydrogen-bond donors (Lipinski definition) is 4. The van der Waals surface area contributed by atoms with Crippen molar-refractivity contribution in [3.05, 3.63) is 59.7 Å². The van der Waals surface area contributed by atoms with E-state index < -0.39 is 36.0 Å². The smallest absolute Gasteiger partial charge is 0.407 e. The monoisotopic (exact) mass is 468 g/mol. The lowest BCUT2D eigenvalue weighted by Gasteiger charge is -2.26. The summed E-state index contributed by atoms with van der Waals surface area (Å²) in [5.74, 6) is -1.88. The number of aliphatic hydroxyl groups is 1. The highest BCUT2D eigenvalue weighted by molar-refractivity contribution is 5.89. The molecule has 3 rings (SSSR count). The van der Waals surface area contributed by atoms with Gasteiger partial charge in [-0.3, -0.25) is 9.59 Å². The predicted octanol–water partition coefficient (Wildman–Crippen LogP) is 3.28. The Morgan fingerprint density at radius 2 is 1.59 bits per heavy atom. The van der Waals surface area contributed by atoms with Crippen molar-refractivity contribution in [3.8, 4) is 11.1 Å². The molecule has 2 atom stereocenters. The lowest BCUT2D eigenvalue weighted by Crippen LogP contribution is -2.51.